The van der Waals surface area contributed by atoms with Crippen molar-refractivity contribution in [3.63, 3.8) is 0 Å². The van der Waals surface area contributed by atoms with Crippen LogP contribution < -0.4 is 4.72 Å². The Labute approximate surface area is 136 Å². The van der Waals surface area contributed by atoms with Crippen molar-refractivity contribution in [2.24, 2.45) is 0 Å². The number of benzene rings is 1. The van der Waals surface area contributed by atoms with Crippen LogP contribution in [0.2, 0.25) is 0 Å². The molecule has 0 amide bonds. The summed E-state index contributed by atoms with van der Waals surface area (Å²) in [7, 11) is -1.96. The van der Waals surface area contributed by atoms with Gasteiger partial charge in [0.2, 0.25) is 10.0 Å². The fourth-order valence-electron chi connectivity index (χ4n) is 2.51. The standard InChI is InChI=1S/C14H20N2O4S2/c1-16-9-7-14(21,8-10-16)12(13(17)18)15-22(19,20)11-5-3-2-4-6-11/h2-6,12,15,21H,7-10H2,1H3,(H,17,18)/t12-/m0/s1. The fraction of sp³-hybridized carbons (Fsp3) is 0.500. The van der Waals surface area contributed by atoms with Crippen LogP contribution in [0.1, 0.15) is 12.8 Å². The molecular weight excluding hydrogens is 324 g/mol. The molecule has 1 aliphatic heterocycles. The van der Waals surface area contributed by atoms with Crippen molar-refractivity contribution >= 4 is 28.6 Å². The van der Waals surface area contributed by atoms with E-state index in [4.69, 9.17) is 0 Å². The van der Waals surface area contributed by atoms with Crippen LogP contribution in [0.4, 0.5) is 0 Å². The Balaban J connectivity index is 2.25. The highest BCUT2D eigenvalue weighted by atomic mass is 32.2. The first-order chi connectivity index (χ1) is 10.2. The van der Waals surface area contributed by atoms with E-state index >= 15 is 0 Å². The van der Waals surface area contributed by atoms with Crippen molar-refractivity contribution < 1.29 is 18.3 Å². The fourth-order valence-corrected chi connectivity index (χ4v) is 4.26. The Morgan fingerprint density at radius 1 is 1.32 bits per heavy atom. The number of aliphatic carboxylic acids is 1. The number of carboxylic acids is 1. The van der Waals surface area contributed by atoms with E-state index in [1.165, 1.54) is 12.1 Å². The van der Waals surface area contributed by atoms with Gasteiger partial charge in [-0.1, -0.05) is 18.2 Å². The maximum absolute atomic E-state index is 12.4. The van der Waals surface area contributed by atoms with Crippen LogP contribution >= 0.6 is 12.6 Å². The smallest absolute Gasteiger partial charge is 0.323 e. The average molecular weight is 344 g/mol. The van der Waals surface area contributed by atoms with Gasteiger partial charge in [-0.2, -0.15) is 17.4 Å². The largest absolute Gasteiger partial charge is 0.480 e. The summed E-state index contributed by atoms with van der Waals surface area (Å²) in [4.78, 5) is 13.7. The second kappa shape index (κ2) is 6.57. The van der Waals surface area contributed by atoms with Crippen molar-refractivity contribution in [1.29, 1.82) is 0 Å². The molecule has 1 aliphatic rings. The topological polar surface area (TPSA) is 86.7 Å². The summed E-state index contributed by atoms with van der Waals surface area (Å²) in [5.74, 6) is -1.21. The molecule has 8 heteroatoms. The number of sulfonamides is 1. The molecule has 2 rings (SSSR count). The molecule has 1 atom stereocenters. The minimum absolute atomic E-state index is 0.0473. The minimum atomic E-state index is -3.90. The number of hydrogen-bond donors (Lipinski definition) is 3. The Hall–Kier alpha value is -1.09. The van der Waals surface area contributed by atoms with E-state index in [9.17, 15) is 18.3 Å². The van der Waals surface area contributed by atoms with Gasteiger partial charge in [-0.3, -0.25) is 4.79 Å². The maximum atomic E-state index is 12.4. The Morgan fingerprint density at radius 3 is 2.36 bits per heavy atom. The number of carbonyl (C=O) groups is 1. The number of carboxylic acid groups (broad SMARTS) is 1. The highest BCUT2D eigenvalue weighted by molar-refractivity contribution is 7.89. The van der Waals surface area contributed by atoms with Crippen LogP contribution in [-0.4, -0.2) is 55.3 Å². The van der Waals surface area contributed by atoms with E-state index < -0.39 is 26.8 Å². The summed E-state index contributed by atoms with van der Waals surface area (Å²) in [6.07, 6.45) is 1.00. The first-order valence-corrected chi connectivity index (χ1v) is 8.89. The Bertz CT molecular complexity index is 626. The molecule has 6 nitrogen and oxygen atoms in total. The second-order valence-electron chi connectivity index (χ2n) is 5.61. The molecule has 0 spiro atoms. The van der Waals surface area contributed by atoms with Gasteiger partial charge in [0.15, 0.2) is 0 Å². The summed E-state index contributed by atoms with van der Waals surface area (Å²) in [5.41, 5.74) is 0. The lowest BCUT2D eigenvalue weighted by Gasteiger charge is -2.40. The molecule has 0 radical (unpaired) electrons. The van der Waals surface area contributed by atoms with Crippen LogP contribution in [-0.2, 0) is 14.8 Å². The molecule has 1 fully saturated rings. The summed E-state index contributed by atoms with van der Waals surface area (Å²) < 4.78 is 26.2. The van der Waals surface area contributed by atoms with Crippen molar-refractivity contribution in [2.75, 3.05) is 20.1 Å². The molecule has 1 heterocycles. The maximum Gasteiger partial charge on any atom is 0.323 e. The van der Waals surface area contributed by atoms with Crippen LogP contribution in [0, 0.1) is 0 Å². The third-order valence-corrected chi connectivity index (χ3v) is 6.11. The van der Waals surface area contributed by atoms with Crippen molar-refractivity contribution in [3.05, 3.63) is 30.3 Å². The zero-order valence-corrected chi connectivity index (χ0v) is 14.0. The van der Waals surface area contributed by atoms with E-state index in [1.807, 2.05) is 7.05 Å². The van der Waals surface area contributed by atoms with Gasteiger partial charge in [-0.15, -0.1) is 0 Å². The predicted octanol–water partition coefficient (Wildman–Crippen LogP) is 0.812. The lowest BCUT2D eigenvalue weighted by Crippen LogP contribution is -2.57. The van der Waals surface area contributed by atoms with Crippen LogP contribution in [0.15, 0.2) is 35.2 Å². The van der Waals surface area contributed by atoms with Gasteiger partial charge in [0.05, 0.1) is 4.90 Å². The molecule has 1 aromatic rings. The number of nitrogens with zero attached hydrogens (tertiary/aromatic N) is 1. The molecule has 1 saturated heterocycles. The minimum Gasteiger partial charge on any atom is -0.480 e. The van der Waals surface area contributed by atoms with E-state index in [-0.39, 0.29) is 4.90 Å². The Morgan fingerprint density at radius 2 is 1.86 bits per heavy atom. The van der Waals surface area contributed by atoms with Crippen LogP contribution in [0.5, 0.6) is 0 Å². The molecular formula is C14H20N2O4S2. The summed E-state index contributed by atoms with van der Waals surface area (Å²) in [6, 6.07) is 6.48. The quantitative estimate of drug-likeness (QED) is 0.688. The van der Waals surface area contributed by atoms with Gasteiger partial charge in [0, 0.05) is 4.75 Å². The van der Waals surface area contributed by atoms with Crippen molar-refractivity contribution in [2.45, 2.75) is 28.5 Å². The zero-order chi connectivity index (χ0) is 16.4. The van der Waals surface area contributed by atoms with Crippen LogP contribution in [0.25, 0.3) is 0 Å². The van der Waals surface area contributed by atoms with E-state index in [1.54, 1.807) is 18.2 Å². The number of hydrogen-bond acceptors (Lipinski definition) is 5. The predicted molar refractivity (Wildman–Crippen MR) is 86.6 cm³/mol. The molecule has 1 aromatic carbocycles. The number of thiol groups is 1. The molecule has 122 valence electrons. The monoisotopic (exact) mass is 344 g/mol. The van der Waals surface area contributed by atoms with Gasteiger partial charge in [0.25, 0.3) is 0 Å². The normalized spacial score (nSPS) is 20.5. The average Bonchev–Trinajstić information content (AvgIpc) is 2.49. The molecule has 22 heavy (non-hydrogen) atoms. The molecule has 0 bridgehead atoms. The molecule has 2 N–H and O–H groups in total. The highest BCUT2D eigenvalue weighted by Gasteiger charge is 2.44. The third-order valence-electron chi connectivity index (χ3n) is 3.96. The number of nitrogens with one attached hydrogen (secondary N) is 1. The van der Waals surface area contributed by atoms with Crippen LogP contribution in [0.3, 0.4) is 0 Å². The summed E-state index contributed by atoms with van der Waals surface area (Å²) >= 11 is 4.51. The van der Waals surface area contributed by atoms with Gasteiger partial charge in [0.1, 0.15) is 6.04 Å². The molecule has 0 unspecified atom stereocenters. The van der Waals surface area contributed by atoms with E-state index in [2.05, 4.69) is 22.3 Å². The lowest BCUT2D eigenvalue weighted by molar-refractivity contribution is -0.140. The van der Waals surface area contributed by atoms with Crippen molar-refractivity contribution in [3.8, 4) is 0 Å². The zero-order valence-electron chi connectivity index (χ0n) is 12.3. The van der Waals surface area contributed by atoms with Gasteiger partial charge < -0.3 is 10.0 Å². The van der Waals surface area contributed by atoms with Crippen molar-refractivity contribution in [1.82, 2.24) is 9.62 Å². The molecule has 0 saturated carbocycles. The first-order valence-electron chi connectivity index (χ1n) is 6.96. The number of rotatable bonds is 5. The summed E-state index contributed by atoms with van der Waals surface area (Å²) in [6.45, 7) is 1.36. The SMILES string of the molecule is CN1CCC(S)([C@@H](NS(=O)(=O)c2ccccc2)C(=O)O)CC1. The third kappa shape index (κ3) is 3.81. The second-order valence-corrected chi connectivity index (χ2v) is 8.22. The summed E-state index contributed by atoms with van der Waals surface area (Å²) in [5, 5.41) is 9.48. The van der Waals surface area contributed by atoms with Gasteiger partial charge in [-0.25, -0.2) is 8.42 Å². The molecule has 0 aliphatic carbocycles. The van der Waals surface area contributed by atoms with Gasteiger partial charge >= 0.3 is 5.97 Å². The first kappa shape index (κ1) is 17.3. The molecule has 0 aromatic heterocycles. The number of piperidine rings is 1. The lowest BCUT2D eigenvalue weighted by atomic mass is 9.89. The van der Waals surface area contributed by atoms with Gasteiger partial charge in [-0.05, 0) is 45.1 Å². The van der Waals surface area contributed by atoms with E-state index in [0.29, 0.717) is 25.9 Å². The highest BCUT2D eigenvalue weighted by Crippen LogP contribution is 2.33. The number of likely N-dealkylation sites (tertiary alicyclic amines) is 1. The van der Waals surface area contributed by atoms with E-state index in [0.717, 1.165) is 0 Å². The Kier molecular flexibility index (Phi) is 5.16.